The van der Waals surface area contributed by atoms with E-state index in [1.54, 1.807) is 7.11 Å². The zero-order chi connectivity index (χ0) is 14.1. The number of ether oxygens (including phenoxy) is 1. The Kier molecular flexibility index (Phi) is 7.78. The molecule has 1 saturated heterocycles. The molecule has 0 bridgehead atoms. The van der Waals surface area contributed by atoms with Gasteiger partial charge < -0.3 is 20.7 Å². The number of nitrogens with zero attached hydrogens (tertiary/aromatic N) is 3. The molecule has 112 valence electrons. The van der Waals surface area contributed by atoms with Gasteiger partial charge in [0, 0.05) is 45.9 Å². The summed E-state index contributed by atoms with van der Waals surface area (Å²) >= 11 is 0. The topological polar surface area (TPSA) is 66.1 Å². The molecule has 0 aromatic carbocycles. The van der Waals surface area contributed by atoms with E-state index in [1.165, 1.54) is 13.1 Å². The molecule has 3 N–H and O–H groups in total. The van der Waals surface area contributed by atoms with E-state index in [-0.39, 0.29) is 6.04 Å². The number of guanidine groups is 1. The molecule has 19 heavy (non-hydrogen) atoms. The van der Waals surface area contributed by atoms with E-state index in [4.69, 9.17) is 10.5 Å². The lowest BCUT2D eigenvalue weighted by molar-refractivity contribution is 0.140. The molecule has 1 fully saturated rings. The van der Waals surface area contributed by atoms with Gasteiger partial charge in [-0.2, -0.15) is 0 Å². The Morgan fingerprint density at radius 1 is 1.32 bits per heavy atom. The predicted octanol–water partition coefficient (Wildman–Crippen LogP) is -0.437. The number of aliphatic imine (C=N–C) groups is 1. The van der Waals surface area contributed by atoms with Gasteiger partial charge in [0.15, 0.2) is 5.96 Å². The number of hydrogen-bond donors (Lipinski definition) is 2. The summed E-state index contributed by atoms with van der Waals surface area (Å²) in [7, 11) is 1.68. The fraction of sp³-hybridized carbons (Fsp3) is 0.923. The van der Waals surface area contributed by atoms with Gasteiger partial charge in [-0.3, -0.25) is 9.89 Å². The third-order valence-electron chi connectivity index (χ3n) is 3.42. The van der Waals surface area contributed by atoms with Crippen LogP contribution in [0, 0.1) is 0 Å². The first kappa shape index (κ1) is 16.2. The molecule has 0 aromatic rings. The number of piperazine rings is 1. The third-order valence-corrected chi connectivity index (χ3v) is 3.42. The molecule has 6 heteroatoms. The summed E-state index contributed by atoms with van der Waals surface area (Å²) in [6.45, 7) is 12.4. The Balaban J connectivity index is 2.15. The lowest BCUT2D eigenvalue weighted by atomic mass is 10.3. The highest BCUT2D eigenvalue weighted by Gasteiger charge is 2.14. The SMILES string of the molecule is CCN1CCN(CCN=C(N)NC(C)COC)CC1. The molecule has 0 spiro atoms. The summed E-state index contributed by atoms with van der Waals surface area (Å²) in [5.74, 6) is 0.511. The van der Waals surface area contributed by atoms with Crippen LogP contribution in [0.2, 0.25) is 0 Å². The zero-order valence-corrected chi connectivity index (χ0v) is 12.6. The van der Waals surface area contributed by atoms with Gasteiger partial charge in [-0.1, -0.05) is 6.92 Å². The smallest absolute Gasteiger partial charge is 0.188 e. The van der Waals surface area contributed by atoms with E-state index in [9.17, 15) is 0 Å². The highest BCUT2D eigenvalue weighted by atomic mass is 16.5. The Morgan fingerprint density at radius 2 is 1.95 bits per heavy atom. The van der Waals surface area contributed by atoms with Crippen LogP contribution in [-0.4, -0.2) is 81.3 Å². The fourth-order valence-electron chi connectivity index (χ4n) is 2.23. The second-order valence-corrected chi connectivity index (χ2v) is 5.04. The van der Waals surface area contributed by atoms with Crippen LogP contribution >= 0.6 is 0 Å². The largest absolute Gasteiger partial charge is 0.383 e. The van der Waals surface area contributed by atoms with E-state index >= 15 is 0 Å². The standard InChI is InChI=1S/C13H29N5O/c1-4-17-7-9-18(10-8-17)6-5-15-13(14)16-12(2)11-19-3/h12H,4-11H2,1-3H3,(H3,14,15,16). The van der Waals surface area contributed by atoms with Crippen LogP contribution in [0.15, 0.2) is 4.99 Å². The molecule has 1 atom stereocenters. The van der Waals surface area contributed by atoms with Crippen molar-refractivity contribution in [3.05, 3.63) is 0 Å². The van der Waals surface area contributed by atoms with E-state index in [0.29, 0.717) is 12.6 Å². The van der Waals surface area contributed by atoms with Gasteiger partial charge in [0.05, 0.1) is 13.2 Å². The number of likely N-dealkylation sites (N-methyl/N-ethyl adjacent to an activating group) is 1. The maximum Gasteiger partial charge on any atom is 0.188 e. The molecule has 0 saturated carbocycles. The molecule has 0 radical (unpaired) electrons. The van der Waals surface area contributed by atoms with Gasteiger partial charge in [0.25, 0.3) is 0 Å². The Morgan fingerprint density at radius 3 is 2.53 bits per heavy atom. The van der Waals surface area contributed by atoms with Crippen molar-refractivity contribution in [2.75, 3.05) is 59.5 Å². The van der Waals surface area contributed by atoms with Crippen LogP contribution in [0.1, 0.15) is 13.8 Å². The molecule has 6 nitrogen and oxygen atoms in total. The van der Waals surface area contributed by atoms with Gasteiger partial charge in [0.1, 0.15) is 0 Å². The normalized spacial score (nSPS) is 20.5. The van der Waals surface area contributed by atoms with Crippen molar-refractivity contribution in [2.45, 2.75) is 19.9 Å². The molecule has 1 rings (SSSR count). The highest BCUT2D eigenvalue weighted by Crippen LogP contribution is 2.00. The molecule has 1 aliphatic heterocycles. The zero-order valence-electron chi connectivity index (χ0n) is 12.6. The first-order chi connectivity index (χ1) is 9.15. The minimum Gasteiger partial charge on any atom is -0.383 e. The van der Waals surface area contributed by atoms with Crippen molar-refractivity contribution < 1.29 is 4.74 Å². The molecule has 0 aromatic heterocycles. The van der Waals surface area contributed by atoms with Gasteiger partial charge in [-0.05, 0) is 13.5 Å². The van der Waals surface area contributed by atoms with Crippen molar-refractivity contribution >= 4 is 5.96 Å². The van der Waals surface area contributed by atoms with Gasteiger partial charge in [-0.15, -0.1) is 0 Å². The number of hydrogen-bond acceptors (Lipinski definition) is 4. The predicted molar refractivity (Wildman–Crippen MR) is 79.5 cm³/mol. The van der Waals surface area contributed by atoms with Crippen molar-refractivity contribution in [1.82, 2.24) is 15.1 Å². The van der Waals surface area contributed by atoms with Crippen LogP contribution in [0.25, 0.3) is 0 Å². The van der Waals surface area contributed by atoms with E-state index in [0.717, 1.165) is 32.7 Å². The lowest BCUT2D eigenvalue weighted by Gasteiger charge is -2.33. The summed E-state index contributed by atoms with van der Waals surface area (Å²) in [6.07, 6.45) is 0. The Bertz CT molecular complexity index is 264. The number of nitrogens with two attached hydrogens (primary N) is 1. The number of methoxy groups -OCH3 is 1. The molecule has 1 heterocycles. The van der Waals surface area contributed by atoms with E-state index in [2.05, 4.69) is 27.0 Å². The first-order valence-electron chi connectivity index (χ1n) is 7.15. The fourth-order valence-corrected chi connectivity index (χ4v) is 2.23. The van der Waals surface area contributed by atoms with Crippen LogP contribution in [0.4, 0.5) is 0 Å². The quantitative estimate of drug-likeness (QED) is 0.485. The Hall–Kier alpha value is -0.850. The highest BCUT2D eigenvalue weighted by molar-refractivity contribution is 5.78. The van der Waals surface area contributed by atoms with Crippen LogP contribution in [0.3, 0.4) is 0 Å². The summed E-state index contributed by atoms with van der Waals surface area (Å²) in [6, 6.07) is 0.196. The van der Waals surface area contributed by atoms with Crippen molar-refractivity contribution in [2.24, 2.45) is 10.7 Å². The minimum absolute atomic E-state index is 0.196. The van der Waals surface area contributed by atoms with Crippen molar-refractivity contribution in [3.63, 3.8) is 0 Å². The van der Waals surface area contributed by atoms with Gasteiger partial charge in [-0.25, -0.2) is 0 Å². The second kappa shape index (κ2) is 9.12. The monoisotopic (exact) mass is 271 g/mol. The number of rotatable bonds is 7. The van der Waals surface area contributed by atoms with Crippen molar-refractivity contribution in [3.8, 4) is 0 Å². The summed E-state index contributed by atoms with van der Waals surface area (Å²) in [5.41, 5.74) is 5.82. The number of nitrogens with one attached hydrogen (secondary N) is 1. The molecule has 0 aliphatic carbocycles. The molecular weight excluding hydrogens is 242 g/mol. The van der Waals surface area contributed by atoms with E-state index in [1.807, 2.05) is 6.92 Å². The van der Waals surface area contributed by atoms with Crippen LogP contribution in [-0.2, 0) is 4.74 Å². The second-order valence-electron chi connectivity index (χ2n) is 5.04. The average molecular weight is 271 g/mol. The van der Waals surface area contributed by atoms with Crippen molar-refractivity contribution in [1.29, 1.82) is 0 Å². The lowest BCUT2D eigenvalue weighted by Crippen LogP contribution is -2.47. The molecule has 1 aliphatic rings. The summed E-state index contributed by atoms with van der Waals surface area (Å²) < 4.78 is 5.04. The molecule has 0 amide bonds. The molecular formula is C13H29N5O. The Labute approximate surface area is 117 Å². The summed E-state index contributed by atoms with van der Waals surface area (Å²) in [5, 5.41) is 3.11. The van der Waals surface area contributed by atoms with Gasteiger partial charge >= 0.3 is 0 Å². The van der Waals surface area contributed by atoms with Crippen LogP contribution in [0.5, 0.6) is 0 Å². The first-order valence-corrected chi connectivity index (χ1v) is 7.15. The molecule has 1 unspecified atom stereocenters. The maximum absolute atomic E-state index is 5.82. The van der Waals surface area contributed by atoms with E-state index < -0.39 is 0 Å². The maximum atomic E-state index is 5.82. The summed E-state index contributed by atoms with van der Waals surface area (Å²) in [4.78, 5) is 9.27. The minimum atomic E-state index is 0.196. The van der Waals surface area contributed by atoms with Crippen LogP contribution < -0.4 is 11.1 Å². The third kappa shape index (κ3) is 6.75. The average Bonchev–Trinajstić information content (AvgIpc) is 2.39. The van der Waals surface area contributed by atoms with Gasteiger partial charge in [0.2, 0.25) is 0 Å².